The number of rotatable bonds is 3. The van der Waals surface area contributed by atoms with Gasteiger partial charge in [-0.15, -0.1) is 0 Å². The van der Waals surface area contributed by atoms with Crippen molar-refractivity contribution in [2.45, 2.75) is 13.0 Å². The maximum Gasteiger partial charge on any atom is 0.123 e. The van der Waals surface area contributed by atoms with Crippen molar-refractivity contribution in [1.82, 2.24) is 9.97 Å². The van der Waals surface area contributed by atoms with Crippen LogP contribution in [0.3, 0.4) is 0 Å². The standard InChI is InChI=1S/C16H17N3O/c1-10(17)16-18-9-15(19-16)13-4-3-12-8-14(20-2)6-5-11(12)7-13/h3-10H,17H2,1-2H3,(H,18,19). The minimum atomic E-state index is -0.0894. The number of benzene rings is 2. The van der Waals surface area contributed by atoms with Crippen LogP contribution in [0.5, 0.6) is 5.75 Å². The molecule has 3 rings (SSSR count). The lowest BCUT2D eigenvalue weighted by molar-refractivity contribution is 0.415. The van der Waals surface area contributed by atoms with Crippen molar-refractivity contribution >= 4 is 10.8 Å². The first kappa shape index (κ1) is 12.7. The highest BCUT2D eigenvalue weighted by Gasteiger charge is 2.07. The summed E-state index contributed by atoms with van der Waals surface area (Å²) in [6, 6.07) is 12.2. The van der Waals surface area contributed by atoms with Gasteiger partial charge in [0.2, 0.25) is 0 Å². The Morgan fingerprint density at radius 2 is 1.90 bits per heavy atom. The zero-order valence-electron chi connectivity index (χ0n) is 11.6. The van der Waals surface area contributed by atoms with E-state index in [1.807, 2.05) is 25.3 Å². The molecule has 0 fully saturated rings. The topological polar surface area (TPSA) is 63.9 Å². The smallest absolute Gasteiger partial charge is 0.123 e. The van der Waals surface area contributed by atoms with Gasteiger partial charge in [0.05, 0.1) is 25.0 Å². The highest BCUT2D eigenvalue weighted by Crippen LogP contribution is 2.26. The summed E-state index contributed by atoms with van der Waals surface area (Å²) in [7, 11) is 1.68. The predicted molar refractivity (Wildman–Crippen MR) is 80.7 cm³/mol. The molecule has 0 aliphatic carbocycles. The Balaban J connectivity index is 2.03. The van der Waals surface area contributed by atoms with Gasteiger partial charge in [-0.25, -0.2) is 4.98 Å². The monoisotopic (exact) mass is 267 g/mol. The van der Waals surface area contributed by atoms with Crippen molar-refractivity contribution in [2.75, 3.05) is 7.11 Å². The highest BCUT2D eigenvalue weighted by atomic mass is 16.5. The van der Waals surface area contributed by atoms with Crippen molar-refractivity contribution in [3.63, 3.8) is 0 Å². The molecule has 4 nitrogen and oxygen atoms in total. The molecule has 1 aromatic heterocycles. The third-order valence-corrected chi connectivity index (χ3v) is 3.39. The van der Waals surface area contributed by atoms with Gasteiger partial charge >= 0.3 is 0 Å². The normalized spacial score (nSPS) is 12.6. The van der Waals surface area contributed by atoms with Crippen LogP contribution in [0.2, 0.25) is 0 Å². The summed E-state index contributed by atoms with van der Waals surface area (Å²) >= 11 is 0. The van der Waals surface area contributed by atoms with Gasteiger partial charge in [0.1, 0.15) is 11.6 Å². The molecule has 0 spiro atoms. The summed E-state index contributed by atoms with van der Waals surface area (Å²) in [5, 5.41) is 2.32. The quantitative estimate of drug-likeness (QED) is 0.765. The van der Waals surface area contributed by atoms with Crippen molar-refractivity contribution in [3.05, 3.63) is 48.4 Å². The Morgan fingerprint density at radius 1 is 1.15 bits per heavy atom. The second kappa shape index (κ2) is 4.98. The molecule has 1 atom stereocenters. The largest absolute Gasteiger partial charge is 0.497 e. The van der Waals surface area contributed by atoms with E-state index in [0.717, 1.165) is 28.2 Å². The molecule has 3 N–H and O–H groups in total. The van der Waals surface area contributed by atoms with E-state index in [1.165, 1.54) is 5.39 Å². The summed E-state index contributed by atoms with van der Waals surface area (Å²) in [5.41, 5.74) is 7.90. The Morgan fingerprint density at radius 3 is 2.60 bits per heavy atom. The van der Waals surface area contributed by atoms with Crippen LogP contribution in [0.1, 0.15) is 18.8 Å². The minimum Gasteiger partial charge on any atom is -0.497 e. The minimum absolute atomic E-state index is 0.0894. The number of hydrogen-bond donors (Lipinski definition) is 2. The van der Waals surface area contributed by atoms with E-state index in [4.69, 9.17) is 10.5 Å². The molecule has 0 aliphatic rings. The molecule has 102 valence electrons. The van der Waals surface area contributed by atoms with Crippen molar-refractivity contribution in [2.24, 2.45) is 5.73 Å². The van der Waals surface area contributed by atoms with Gasteiger partial charge in [0.25, 0.3) is 0 Å². The maximum absolute atomic E-state index is 5.82. The number of methoxy groups -OCH3 is 1. The van der Waals surface area contributed by atoms with Crippen LogP contribution in [-0.2, 0) is 0 Å². The third-order valence-electron chi connectivity index (χ3n) is 3.39. The fourth-order valence-corrected chi connectivity index (χ4v) is 2.23. The molecule has 20 heavy (non-hydrogen) atoms. The number of imidazole rings is 1. The lowest BCUT2D eigenvalue weighted by Crippen LogP contribution is -2.06. The number of fused-ring (bicyclic) bond motifs is 1. The Kier molecular flexibility index (Phi) is 3.16. The Bertz CT molecular complexity index is 746. The predicted octanol–water partition coefficient (Wildman–Crippen LogP) is 3.26. The summed E-state index contributed by atoms with van der Waals surface area (Å²) in [4.78, 5) is 7.55. The first-order valence-corrected chi connectivity index (χ1v) is 6.56. The zero-order valence-corrected chi connectivity index (χ0v) is 11.6. The number of ether oxygens (including phenoxy) is 1. The van der Waals surface area contributed by atoms with Gasteiger partial charge in [-0.2, -0.15) is 0 Å². The molecule has 0 aliphatic heterocycles. The average molecular weight is 267 g/mol. The molecule has 4 heteroatoms. The van der Waals surface area contributed by atoms with Crippen LogP contribution < -0.4 is 10.5 Å². The second-order valence-electron chi connectivity index (χ2n) is 4.90. The van der Waals surface area contributed by atoms with E-state index in [9.17, 15) is 0 Å². The van der Waals surface area contributed by atoms with Crippen molar-refractivity contribution in [1.29, 1.82) is 0 Å². The summed E-state index contributed by atoms with van der Waals surface area (Å²) < 4.78 is 5.24. The van der Waals surface area contributed by atoms with Gasteiger partial charge < -0.3 is 15.5 Å². The molecular formula is C16H17N3O. The molecule has 1 heterocycles. The molecule has 2 aromatic carbocycles. The van der Waals surface area contributed by atoms with E-state index in [1.54, 1.807) is 7.11 Å². The van der Waals surface area contributed by atoms with Crippen LogP contribution in [0, 0.1) is 0 Å². The molecule has 0 amide bonds. The maximum atomic E-state index is 5.82. The molecule has 0 radical (unpaired) electrons. The van der Waals surface area contributed by atoms with E-state index >= 15 is 0 Å². The number of nitrogens with two attached hydrogens (primary N) is 1. The van der Waals surface area contributed by atoms with Gasteiger partial charge in [-0.1, -0.05) is 18.2 Å². The molecule has 1 unspecified atom stereocenters. The summed E-state index contributed by atoms with van der Waals surface area (Å²) in [6.45, 7) is 1.91. The van der Waals surface area contributed by atoms with Crippen LogP contribution in [-0.4, -0.2) is 17.1 Å². The van der Waals surface area contributed by atoms with Gasteiger partial charge in [0.15, 0.2) is 0 Å². The van der Waals surface area contributed by atoms with Crippen molar-refractivity contribution < 1.29 is 4.74 Å². The number of hydrogen-bond acceptors (Lipinski definition) is 3. The fourth-order valence-electron chi connectivity index (χ4n) is 2.23. The molecule has 3 aromatic rings. The zero-order chi connectivity index (χ0) is 14.1. The van der Waals surface area contributed by atoms with Crippen LogP contribution >= 0.6 is 0 Å². The van der Waals surface area contributed by atoms with Crippen LogP contribution in [0.15, 0.2) is 42.6 Å². The van der Waals surface area contributed by atoms with Gasteiger partial charge in [-0.05, 0) is 35.9 Å². The van der Waals surface area contributed by atoms with Gasteiger partial charge in [-0.3, -0.25) is 0 Å². The van der Waals surface area contributed by atoms with Crippen LogP contribution in [0.4, 0.5) is 0 Å². The molecule has 0 bridgehead atoms. The molecule has 0 saturated carbocycles. The first-order valence-electron chi connectivity index (χ1n) is 6.56. The van der Waals surface area contributed by atoms with Crippen LogP contribution in [0.25, 0.3) is 22.0 Å². The summed E-state index contributed by atoms with van der Waals surface area (Å²) in [6.07, 6.45) is 1.82. The Hall–Kier alpha value is -2.33. The molecule has 0 saturated heterocycles. The first-order chi connectivity index (χ1) is 9.67. The number of nitrogens with zero attached hydrogens (tertiary/aromatic N) is 1. The van der Waals surface area contributed by atoms with E-state index < -0.39 is 0 Å². The van der Waals surface area contributed by atoms with E-state index in [2.05, 4.69) is 34.2 Å². The van der Waals surface area contributed by atoms with E-state index in [-0.39, 0.29) is 6.04 Å². The average Bonchev–Trinajstić information content (AvgIpc) is 2.96. The fraction of sp³-hybridized carbons (Fsp3) is 0.188. The van der Waals surface area contributed by atoms with Gasteiger partial charge in [0, 0.05) is 5.56 Å². The van der Waals surface area contributed by atoms with E-state index in [0.29, 0.717) is 0 Å². The number of H-pyrrole nitrogens is 1. The number of aromatic nitrogens is 2. The lowest BCUT2D eigenvalue weighted by Gasteiger charge is -2.05. The van der Waals surface area contributed by atoms with Crippen molar-refractivity contribution in [3.8, 4) is 17.0 Å². The number of nitrogens with one attached hydrogen (secondary N) is 1. The third kappa shape index (κ3) is 2.26. The Labute approximate surface area is 117 Å². The lowest BCUT2D eigenvalue weighted by atomic mass is 10.1. The number of aromatic amines is 1. The summed E-state index contributed by atoms with van der Waals surface area (Å²) in [5.74, 6) is 1.67. The molecular weight excluding hydrogens is 250 g/mol. The SMILES string of the molecule is COc1ccc2cc(-c3cnc(C(C)N)[nH]3)ccc2c1. The second-order valence-corrected chi connectivity index (χ2v) is 4.90. The highest BCUT2D eigenvalue weighted by molar-refractivity contribution is 5.87.